The summed E-state index contributed by atoms with van der Waals surface area (Å²) in [6.45, 7) is 0. The fourth-order valence-corrected chi connectivity index (χ4v) is 2.25. The van der Waals surface area contributed by atoms with E-state index in [9.17, 15) is 18.0 Å². The molecule has 0 saturated carbocycles. The van der Waals surface area contributed by atoms with E-state index in [1.165, 1.54) is 48.9 Å². The lowest BCUT2D eigenvalue weighted by Gasteiger charge is -2.21. The number of alkyl halides is 3. The molecule has 0 aliphatic carbocycles. The molecule has 1 amide bonds. The highest BCUT2D eigenvalue weighted by atomic mass is 19.4. The number of para-hydroxylation sites is 1. The van der Waals surface area contributed by atoms with Gasteiger partial charge < -0.3 is 5.32 Å². The van der Waals surface area contributed by atoms with Crippen molar-refractivity contribution in [3.8, 4) is 0 Å². The number of nitrogens with zero attached hydrogens (tertiary/aromatic N) is 3. The summed E-state index contributed by atoms with van der Waals surface area (Å²) in [5, 5.41) is 1.99. The molecule has 0 radical (unpaired) electrons. The molecule has 1 aromatic carbocycles. The molecule has 0 aliphatic heterocycles. The van der Waals surface area contributed by atoms with Gasteiger partial charge >= 0.3 is 6.18 Å². The van der Waals surface area contributed by atoms with Crippen LogP contribution in [0.15, 0.2) is 55.0 Å². The Balaban J connectivity index is 1.97. The van der Waals surface area contributed by atoms with Gasteiger partial charge in [0.25, 0.3) is 5.91 Å². The molecule has 3 rings (SSSR count). The van der Waals surface area contributed by atoms with Crippen molar-refractivity contribution in [2.24, 2.45) is 0 Å². The van der Waals surface area contributed by atoms with Crippen LogP contribution in [0.5, 0.6) is 0 Å². The summed E-state index contributed by atoms with van der Waals surface area (Å²) in [6.07, 6.45) is -0.626. The summed E-state index contributed by atoms with van der Waals surface area (Å²) in [4.78, 5) is 24.1. The van der Waals surface area contributed by atoms with Crippen LogP contribution < -0.4 is 5.32 Å². The molecule has 1 unspecified atom stereocenters. The first-order valence-electron chi connectivity index (χ1n) is 6.95. The van der Waals surface area contributed by atoms with Crippen LogP contribution in [0.4, 0.5) is 13.2 Å². The number of halogens is 3. The molecule has 1 atom stereocenters. The maximum absolute atomic E-state index is 13.3. The number of pyridine rings is 1. The highest BCUT2D eigenvalue weighted by Gasteiger charge is 2.43. The molecule has 122 valence electrons. The zero-order chi connectivity index (χ0) is 17.2. The predicted octanol–water partition coefficient (Wildman–Crippen LogP) is 3.06. The molecular formula is C16H11F3N4O. The van der Waals surface area contributed by atoms with Crippen LogP contribution in [0.2, 0.25) is 0 Å². The molecule has 0 bridgehead atoms. The van der Waals surface area contributed by atoms with Gasteiger partial charge in [-0.3, -0.25) is 19.7 Å². The van der Waals surface area contributed by atoms with Gasteiger partial charge in [-0.05, 0) is 24.3 Å². The van der Waals surface area contributed by atoms with Gasteiger partial charge in [0.15, 0.2) is 6.04 Å². The van der Waals surface area contributed by atoms with Crippen LogP contribution in [0.25, 0.3) is 11.0 Å². The third kappa shape index (κ3) is 3.17. The van der Waals surface area contributed by atoms with Gasteiger partial charge in [-0.2, -0.15) is 13.2 Å². The Bertz CT molecular complexity index is 863. The van der Waals surface area contributed by atoms with Crippen LogP contribution in [-0.4, -0.2) is 27.0 Å². The molecular weight excluding hydrogens is 321 g/mol. The van der Waals surface area contributed by atoms with E-state index in [1.54, 1.807) is 6.07 Å². The molecule has 3 aromatic rings. The van der Waals surface area contributed by atoms with Gasteiger partial charge in [-0.25, -0.2) is 0 Å². The van der Waals surface area contributed by atoms with Gasteiger partial charge in [0.05, 0.1) is 16.8 Å². The van der Waals surface area contributed by atoms with Gasteiger partial charge in [0.2, 0.25) is 0 Å². The number of hydrogen-bond donors (Lipinski definition) is 1. The first kappa shape index (κ1) is 15.9. The fourth-order valence-electron chi connectivity index (χ4n) is 2.25. The molecule has 8 heteroatoms. The van der Waals surface area contributed by atoms with E-state index in [-0.39, 0.29) is 16.8 Å². The Morgan fingerprint density at radius 2 is 1.75 bits per heavy atom. The molecule has 0 aliphatic rings. The van der Waals surface area contributed by atoms with Crippen LogP contribution in [0.3, 0.4) is 0 Å². The van der Waals surface area contributed by atoms with E-state index in [0.29, 0.717) is 5.52 Å². The topological polar surface area (TPSA) is 67.8 Å². The maximum Gasteiger partial charge on any atom is 0.414 e. The standard InChI is InChI=1S/C16H11F3N4O/c17-16(18,19)14(12-5-1-2-7-20-12)23-15(24)10-4-3-6-11-13(10)22-9-8-21-11/h1-9,14H,(H,23,24). The van der Waals surface area contributed by atoms with Crippen LogP contribution >= 0.6 is 0 Å². The van der Waals surface area contributed by atoms with E-state index >= 15 is 0 Å². The number of hydrogen-bond acceptors (Lipinski definition) is 4. The maximum atomic E-state index is 13.3. The van der Waals surface area contributed by atoms with Crippen molar-refractivity contribution < 1.29 is 18.0 Å². The van der Waals surface area contributed by atoms with Gasteiger partial charge in [0.1, 0.15) is 5.52 Å². The van der Waals surface area contributed by atoms with Crippen LogP contribution in [-0.2, 0) is 0 Å². The Hall–Kier alpha value is -3.03. The van der Waals surface area contributed by atoms with Crippen molar-refractivity contribution in [3.05, 3.63) is 66.2 Å². The summed E-state index contributed by atoms with van der Waals surface area (Å²) in [5.74, 6) is -0.894. The molecule has 0 spiro atoms. The summed E-state index contributed by atoms with van der Waals surface area (Å²) in [5.41, 5.74) is 0.390. The van der Waals surface area contributed by atoms with Crippen LogP contribution in [0, 0.1) is 0 Å². The number of benzene rings is 1. The minimum absolute atomic E-state index is 0.0192. The highest BCUT2D eigenvalue weighted by molar-refractivity contribution is 6.04. The number of carbonyl (C=O) groups excluding carboxylic acids is 1. The normalized spacial score (nSPS) is 12.8. The number of amides is 1. The minimum Gasteiger partial charge on any atom is -0.335 e. The zero-order valence-corrected chi connectivity index (χ0v) is 12.2. The number of nitrogens with one attached hydrogen (secondary N) is 1. The van der Waals surface area contributed by atoms with E-state index in [0.717, 1.165) is 0 Å². The second kappa shape index (κ2) is 6.23. The lowest BCUT2D eigenvalue weighted by atomic mass is 10.1. The summed E-state index contributed by atoms with van der Waals surface area (Å²) in [7, 11) is 0. The average Bonchev–Trinajstić information content (AvgIpc) is 2.58. The van der Waals surface area contributed by atoms with E-state index in [4.69, 9.17) is 0 Å². The number of carbonyl (C=O) groups is 1. The Labute approximate surface area is 134 Å². The zero-order valence-electron chi connectivity index (χ0n) is 12.2. The molecule has 0 fully saturated rings. The van der Waals surface area contributed by atoms with Crippen molar-refractivity contribution >= 4 is 16.9 Å². The van der Waals surface area contributed by atoms with Gasteiger partial charge in [-0.15, -0.1) is 0 Å². The lowest BCUT2D eigenvalue weighted by Crippen LogP contribution is -2.38. The van der Waals surface area contributed by atoms with Crippen molar-refractivity contribution in [3.63, 3.8) is 0 Å². The Morgan fingerprint density at radius 1 is 0.958 bits per heavy atom. The van der Waals surface area contributed by atoms with Crippen molar-refractivity contribution in [1.29, 1.82) is 0 Å². The smallest absolute Gasteiger partial charge is 0.335 e. The average molecular weight is 332 g/mol. The summed E-state index contributed by atoms with van der Waals surface area (Å²) < 4.78 is 39.9. The number of aromatic nitrogens is 3. The first-order valence-corrected chi connectivity index (χ1v) is 6.95. The molecule has 24 heavy (non-hydrogen) atoms. The second-order valence-electron chi connectivity index (χ2n) is 4.93. The molecule has 5 nitrogen and oxygen atoms in total. The number of rotatable bonds is 3. The highest BCUT2D eigenvalue weighted by Crippen LogP contribution is 2.32. The Morgan fingerprint density at radius 3 is 2.46 bits per heavy atom. The lowest BCUT2D eigenvalue weighted by molar-refractivity contribution is -0.156. The summed E-state index contributed by atoms with van der Waals surface area (Å²) in [6, 6.07) is 6.49. The third-order valence-corrected chi connectivity index (χ3v) is 3.33. The van der Waals surface area contributed by atoms with Crippen molar-refractivity contribution in [2.45, 2.75) is 12.2 Å². The van der Waals surface area contributed by atoms with Crippen molar-refractivity contribution in [2.75, 3.05) is 0 Å². The van der Waals surface area contributed by atoms with E-state index in [2.05, 4.69) is 15.0 Å². The minimum atomic E-state index is -4.68. The quantitative estimate of drug-likeness (QED) is 0.800. The van der Waals surface area contributed by atoms with Crippen LogP contribution in [0.1, 0.15) is 22.1 Å². The predicted molar refractivity (Wildman–Crippen MR) is 80.0 cm³/mol. The van der Waals surface area contributed by atoms with Crippen molar-refractivity contribution in [1.82, 2.24) is 20.3 Å². The SMILES string of the molecule is O=C(NC(c1ccccn1)C(F)(F)F)c1cccc2nccnc12. The largest absolute Gasteiger partial charge is 0.414 e. The fraction of sp³-hybridized carbons (Fsp3) is 0.125. The molecule has 2 aromatic heterocycles. The van der Waals surface area contributed by atoms with Gasteiger partial charge in [0, 0.05) is 18.6 Å². The van der Waals surface area contributed by atoms with E-state index in [1.807, 2.05) is 5.32 Å². The molecule has 0 saturated heterocycles. The first-order chi connectivity index (χ1) is 11.5. The van der Waals surface area contributed by atoms with E-state index < -0.39 is 18.1 Å². The second-order valence-corrected chi connectivity index (χ2v) is 4.93. The monoisotopic (exact) mass is 332 g/mol. The summed E-state index contributed by atoms with van der Waals surface area (Å²) >= 11 is 0. The number of fused-ring (bicyclic) bond motifs is 1. The third-order valence-electron chi connectivity index (χ3n) is 3.33. The molecule has 1 N–H and O–H groups in total. The Kier molecular flexibility index (Phi) is 4.11. The molecule has 2 heterocycles. The van der Waals surface area contributed by atoms with Gasteiger partial charge in [-0.1, -0.05) is 12.1 Å².